The predicted octanol–water partition coefficient (Wildman–Crippen LogP) is 4.11. The van der Waals surface area contributed by atoms with Gasteiger partial charge in [0.25, 0.3) is 5.91 Å². The Labute approximate surface area is 161 Å². The second-order valence-corrected chi connectivity index (χ2v) is 6.69. The smallest absolute Gasteiger partial charge is 0.278 e. The third-order valence-corrected chi connectivity index (χ3v) is 4.78. The first kappa shape index (κ1) is 17.8. The van der Waals surface area contributed by atoms with E-state index in [-0.39, 0.29) is 17.4 Å². The van der Waals surface area contributed by atoms with Gasteiger partial charge in [-0.2, -0.15) is 5.10 Å². The topological polar surface area (TPSA) is 72.2 Å². The first-order valence-electron chi connectivity index (χ1n) is 8.79. The van der Waals surface area contributed by atoms with Gasteiger partial charge in [0, 0.05) is 11.3 Å². The fraction of sp³-hybridized carbons (Fsp3) is 0.143. The molecule has 2 aromatic heterocycles. The van der Waals surface area contributed by atoms with Gasteiger partial charge in [0.2, 0.25) is 0 Å². The summed E-state index contributed by atoms with van der Waals surface area (Å²) in [7, 11) is 0. The molecule has 0 saturated heterocycles. The van der Waals surface area contributed by atoms with Crippen molar-refractivity contribution in [2.75, 3.05) is 5.32 Å². The second-order valence-electron chi connectivity index (χ2n) is 6.69. The van der Waals surface area contributed by atoms with Crippen LogP contribution in [0, 0.1) is 26.6 Å². The van der Waals surface area contributed by atoms with Gasteiger partial charge in [-0.3, -0.25) is 4.79 Å². The van der Waals surface area contributed by atoms with E-state index in [9.17, 15) is 9.18 Å². The van der Waals surface area contributed by atoms with Gasteiger partial charge in [0.1, 0.15) is 5.82 Å². The van der Waals surface area contributed by atoms with Crippen LogP contribution in [-0.2, 0) is 0 Å². The molecule has 2 heterocycles. The normalized spacial score (nSPS) is 11.0. The van der Waals surface area contributed by atoms with Crippen molar-refractivity contribution in [1.82, 2.24) is 19.8 Å². The van der Waals surface area contributed by atoms with Crippen LogP contribution in [0.3, 0.4) is 0 Å². The number of hydrogen-bond donors (Lipinski definition) is 1. The highest BCUT2D eigenvalue weighted by atomic mass is 19.1. The first-order valence-corrected chi connectivity index (χ1v) is 8.79. The standard InChI is InChI=1S/C21H18FN5O/c1-12-4-9-17(10-13(12)2)24-21(28)19-14(3)27-20(26-25-19)18(11-23-27)15-5-7-16(22)8-6-15/h4-11H,1-3H3,(H,24,28). The Morgan fingerprint density at radius 3 is 2.46 bits per heavy atom. The number of rotatable bonds is 3. The molecule has 4 aromatic rings. The van der Waals surface area contributed by atoms with Crippen LogP contribution in [0.2, 0.25) is 0 Å². The molecule has 0 aliphatic heterocycles. The van der Waals surface area contributed by atoms with Crippen molar-refractivity contribution in [3.8, 4) is 11.1 Å². The van der Waals surface area contributed by atoms with E-state index in [0.29, 0.717) is 17.0 Å². The summed E-state index contributed by atoms with van der Waals surface area (Å²) in [6.07, 6.45) is 1.63. The summed E-state index contributed by atoms with van der Waals surface area (Å²) in [6.45, 7) is 5.77. The Balaban J connectivity index is 1.69. The van der Waals surface area contributed by atoms with Gasteiger partial charge in [-0.25, -0.2) is 8.91 Å². The van der Waals surface area contributed by atoms with Gasteiger partial charge in [-0.1, -0.05) is 18.2 Å². The fourth-order valence-electron chi connectivity index (χ4n) is 3.01. The molecule has 0 bridgehead atoms. The summed E-state index contributed by atoms with van der Waals surface area (Å²) in [5.74, 6) is -0.665. The van der Waals surface area contributed by atoms with E-state index >= 15 is 0 Å². The molecule has 0 aliphatic carbocycles. The van der Waals surface area contributed by atoms with Gasteiger partial charge in [-0.05, 0) is 61.7 Å². The number of carbonyl (C=O) groups excluding carboxylic acids is 1. The molecule has 0 unspecified atom stereocenters. The van der Waals surface area contributed by atoms with E-state index in [4.69, 9.17) is 0 Å². The molecule has 140 valence electrons. The van der Waals surface area contributed by atoms with Crippen molar-refractivity contribution in [3.05, 3.63) is 77.0 Å². The number of aryl methyl sites for hydroxylation is 3. The van der Waals surface area contributed by atoms with Crippen LogP contribution in [0.1, 0.15) is 27.3 Å². The number of carbonyl (C=O) groups is 1. The van der Waals surface area contributed by atoms with Crippen LogP contribution >= 0.6 is 0 Å². The van der Waals surface area contributed by atoms with Crippen molar-refractivity contribution < 1.29 is 9.18 Å². The third kappa shape index (κ3) is 3.11. The van der Waals surface area contributed by atoms with Crippen LogP contribution in [0.25, 0.3) is 16.8 Å². The number of benzene rings is 2. The Morgan fingerprint density at radius 1 is 1.00 bits per heavy atom. The fourth-order valence-corrected chi connectivity index (χ4v) is 3.01. The Bertz CT molecular complexity index is 1200. The molecule has 1 N–H and O–H groups in total. The molecular weight excluding hydrogens is 357 g/mol. The second kappa shape index (κ2) is 6.84. The molecule has 0 aliphatic rings. The molecule has 6 nitrogen and oxygen atoms in total. The van der Waals surface area contributed by atoms with Crippen molar-refractivity contribution in [2.45, 2.75) is 20.8 Å². The molecule has 0 saturated carbocycles. The van der Waals surface area contributed by atoms with Crippen LogP contribution in [0.5, 0.6) is 0 Å². The number of nitrogens with zero attached hydrogens (tertiary/aromatic N) is 4. The molecule has 0 radical (unpaired) electrons. The van der Waals surface area contributed by atoms with Crippen LogP contribution in [0.15, 0.2) is 48.7 Å². The van der Waals surface area contributed by atoms with Crippen LogP contribution in [0.4, 0.5) is 10.1 Å². The number of nitrogens with one attached hydrogen (secondary N) is 1. The maximum atomic E-state index is 13.2. The Hall–Kier alpha value is -3.61. The quantitative estimate of drug-likeness (QED) is 0.585. The van der Waals surface area contributed by atoms with E-state index < -0.39 is 0 Å². The number of fused-ring (bicyclic) bond motifs is 1. The molecule has 4 rings (SSSR count). The van der Waals surface area contributed by atoms with Crippen molar-refractivity contribution in [2.24, 2.45) is 0 Å². The summed E-state index contributed by atoms with van der Waals surface area (Å²) >= 11 is 0. The number of aromatic nitrogens is 4. The first-order chi connectivity index (χ1) is 13.4. The number of anilines is 1. The average Bonchev–Trinajstić information content (AvgIpc) is 3.10. The minimum atomic E-state index is -0.353. The maximum Gasteiger partial charge on any atom is 0.278 e. The molecule has 7 heteroatoms. The highest BCUT2D eigenvalue weighted by Gasteiger charge is 2.18. The average molecular weight is 375 g/mol. The van der Waals surface area contributed by atoms with E-state index in [1.165, 1.54) is 12.1 Å². The van der Waals surface area contributed by atoms with E-state index in [1.807, 2.05) is 32.0 Å². The van der Waals surface area contributed by atoms with E-state index in [2.05, 4.69) is 20.6 Å². The van der Waals surface area contributed by atoms with Gasteiger partial charge in [-0.15, -0.1) is 10.2 Å². The van der Waals surface area contributed by atoms with Gasteiger partial charge in [0.05, 0.1) is 11.9 Å². The molecule has 0 atom stereocenters. The van der Waals surface area contributed by atoms with Gasteiger partial charge in [0.15, 0.2) is 11.3 Å². The lowest BCUT2D eigenvalue weighted by Crippen LogP contribution is -2.18. The highest BCUT2D eigenvalue weighted by molar-refractivity contribution is 6.03. The summed E-state index contributed by atoms with van der Waals surface area (Å²) in [6, 6.07) is 11.8. The van der Waals surface area contributed by atoms with Gasteiger partial charge < -0.3 is 5.32 Å². The SMILES string of the molecule is Cc1ccc(NC(=O)c2nnc3c(-c4ccc(F)cc4)cnn3c2C)cc1C. The number of halogens is 1. The Kier molecular flexibility index (Phi) is 4.35. The molecule has 28 heavy (non-hydrogen) atoms. The molecule has 0 spiro atoms. The summed E-state index contributed by atoms with van der Waals surface area (Å²) < 4.78 is 14.8. The molecular formula is C21H18FN5O. The van der Waals surface area contributed by atoms with Crippen LogP contribution in [-0.4, -0.2) is 25.7 Å². The highest BCUT2D eigenvalue weighted by Crippen LogP contribution is 2.24. The lowest BCUT2D eigenvalue weighted by atomic mass is 10.1. The summed E-state index contributed by atoms with van der Waals surface area (Å²) in [5, 5.41) is 15.5. The van der Waals surface area contributed by atoms with Crippen molar-refractivity contribution in [1.29, 1.82) is 0 Å². The monoisotopic (exact) mass is 375 g/mol. The maximum absolute atomic E-state index is 13.2. The van der Waals surface area contributed by atoms with E-state index in [1.54, 1.807) is 29.8 Å². The van der Waals surface area contributed by atoms with Gasteiger partial charge >= 0.3 is 0 Å². The Morgan fingerprint density at radius 2 is 1.75 bits per heavy atom. The van der Waals surface area contributed by atoms with E-state index in [0.717, 1.165) is 22.3 Å². The minimum absolute atomic E-state index is 0.194. The minimum Gasteiger partial charge on any atom is -0.321 e. The van der Waals surface area contributed by atoms with Crippen molar-refractivity contribution >= 4 is 17.2 Å². The lowest BCUT2D eigenvalue weighted by molar-refractivity contribution is 0.102. The number of amides is 1. The number of hydrogen-bond acceptors (Lipinski definition) is 4. The predicted molar refractivity (Wildman–Crippen MR) is 105 cm³/mol. The third-order valence-electron chi connectivity index (χ3n) is 4.78. The zero-order valence-corrected chi connectivity index (χ0v) is 15.7. The van der Waals surface area contributed by atoms with Crippen LogP contribution < -0.4 is 5.32 Å². The lowest BCUT2D eigenvalue weighted by Gasteiger charge is -2.09. The summed E-state index contributed by atoms with van der Waals surface area (Å²) in [4.78, 5) is 12.7. The molecule has 1 amide bonds. The summed E-state index contributed by atoms with van der Waals surface area (Å²) in [5.41, 5.74) is 5.70. The molecule has 0 fully saturated rings. The van der Waals surface area contributed by atoms with Crippen molar-refractivity contribution in [3.63, 3.8) is 0 Å². The zero-order chi connectivity index (χ0) is 19.8. The largest absolute Gasteiger partial charge is 0.321 e. The zero-order valence-electron chi connectivity index (χ0n) is 15.7. The molecule has 2 aromatic carbocycles.